The molecule has 6 heteroatoms. The standard InChI is InChI=1S/C16H14N2O2.2ClH/c1-19-15-10-16(20-2)18-14-4-3-12(9-13(14)15)11-5-7-17-8-6-11;;/h3-10H,1-2H3;2*1H. The minimum absolute atomic E-state index is 0. The lowest BCUT2D eigenvalue weighted by atomic mass is 10.0. The smallest absolute Gasteiger partial charge is 0.217 e. The minimum Gasteiger partial charge on any atom is -0.496 e. The molecular formula is C16H16Cl2N2O2. The molecule has 116 valence electrons. The van der Waals surface area contributed by atoms with E-state index in [1.54, 1.807) is 32.7 Å². The maximum absolute atomic E-state index is 5.43. The SMILES string of the molecule is COc1cc(OC)c2cc(-c3ccncc3)ccc2n1.Cl.Cl. The zero-order valence-electron chi connectivity index (χ0n) is 12.1. The molecule has 0 aliphatic rings. The molecule has 0 unspecified atom stereocenters. The Hall–Kier alpha value is -2.04. The third-order valence-corrected chi connectivity index (χ3v) is 3.19. The fourth-order valence-electron chi connectivity index (χ4n) is 2.17. The molecule has 3 aromatic rings. The molecule has 4 nitrogen and oxygen atoms in total. The largest absolute Gasteiger partial charge is 0.496 e. The van der Waals surface area contributed by atoms with Crippen molar-refractivity contribution < 1.29 is 9.47 Å². The molecule has 0 saturated carbocycles. The van der Waals surface area contributed by atoms with E-state index in [9.17, 15) is 0 Å². The number of methoxy groups -OCH3 is 2. The van der Waals surface area contributed by atoms with E-state index in [2.05, 4.69) is 16.0 Å². The topological polar surface area (TPSA) is 44.2 Å². The minimum atomic E-state index is 0. The van der Waals surface area contributed by atoms with Crippen molar-refractivity contribution in [1.82, 2.24) is 9.97 Å². The monoisotopic (exact) mass is 338 g/mol. The Labute approximate surface area is 141 Å². The van der Waals surface area contributed by atoms with Crippen LogP contribution in [0, 0.1) is 0 Å². The predicted octanol–water partition coefficient (Wildman–Crippen LogP) is 4.16. The average molecular weight is 339 g/mol. The van der Waals surface area contributed by atoms with Crippen molar-refractivity contribution in [2.75, 3.05) is 14.2 Å². The van der Waals surface area contributed by atoms with E-state index in [0.29, 0.717) is 5.88 Å². The molecule has 0 saturated heterocycles. The number of halogens is 2. The molecule has 0 bridgehead atoms. The molecule has 3 rings (SSSR count). The van der Waals surface area contributed by atoms with Crippen molar-refractivity contribution in [3.63, 3.8) is 0 Å². The lowest BCUT2D eigenvalue weighted by molar-refractivity contribution is 0.386. The summed E-state index contributed by atoms with van der Waals surface area (Å²) in [7, 11) is 3.24. The maximum Gasteiger partial charge on any atom is 0.217 e. The summed E-state index contributed by atoms with van der Waals surface area (Å²) in [6, 6.07) is 11.8. The quantitative estimate of drug-likeness (QED) is 0.719. The molecule has 0 fully saturated rings. The average Bonchev–Trinajstić information content (AvgIpc) is 2.54. The van der Waals surface area contributed by atoms with Crippen molar-refractivity contribution in [1.29, 1.82) is 0 Å². The Morgan fingerprint density at radius 3 is 2.18 bits per heavy atom. The van der Waals surface area contributed by atoms with Gasteiger partial charge in [-0.2, -0.15) is 0 Å². The predicted molar refractivity (Wildman–Crippen MR) is 92.6 cm³/mol. The lowest BCUT2D eigenvalue weighted by Gasteiger charge is -2.09. The Morgan fingerprint density at radius 2 is 1.55 bits per heavy atom. The molecule has 0 radical (unpaired) electrons. The molecule has 0 aliphatic heterocycles. The van der Waals surface area contributed by atoms with Gasteiger partial charge in [0.25, 0.3) is 0 Å². The number of pyridine rings is 2. The van der Waals surface area contributed by atoms with Crippen LogP contribution in [0.5, 0.6) is 11.6 Å². The van der Waals surface area contributed by atoms with Crippen LogP contribution in [0.2, 0.25) is 0 Å². The van der Waals surface area contributed by atoms with E-state index in [-0.39, 0.29) is 24.8 Å². The number of hydrogen-bond donors (Lipinski definition) is 0. The van der Waals surface area contributed by atoms with Crippen molar-refractivity contribution in [3.8, 4) is 22.8 Å². The Morgan fingerprint density at radius 1 is 0.818 bits per heavy atom. The number of hydrogen-bond acceptors (Lipinski definition) is 4. The van der Waals surface area contributed by atoms with Crippen LogP contribution in [0.4, 0.5) is 0 Å². The van der Waals surface area contributed by atoms with E-state index in [0.717, 1.165) is 27.8 Å². The number of fused-ring (bicyclic) bond motifs is 1. The van der Waals surface area contributed by atoms with Crippen LogP contribution in [0.25, 0.3) is 22.0 Å². The molecule has 2 heterocycles. The maximum atomic E-state index is 5.43. The van der Waals surface area contributed by atoms with Crippen LogP contribution in [0.1, 0.15) is 0 Å². The van der Waals surface area contributed by atoms with Crippen LogP contribution in [0.15, 0.2) is 48.8 Å². The van der Waals surface area contributed by atoms with E-state index in [1.165, 1.54) is 0 Å². The summed E-state index contributed by atoms with van der Waals surface area (Å²) in [6.07, 6.45) is 3.56. The molecule has 22 heavy (non-hydrogen) atoms. The van der Waals surface area contributed by atoms with Gasteiger partial charge >= 0.3 is 0 Å². The first kappa shape index (κ1) is 18.0. The number of ether oxygens (including phenoxy) is 2. The Balaban J connectivity index is 0.00000121. The summed E-state index contributed by atoms with van der Waals surface area (Å²) in [6.45, 7) is 0. The summed E-state index contributed by atoms with van der Waals surface area (Å²) < 4.78 is 10.6. The van der Waals surface area contributed by atoms with E-state index in [4.69, 9.17) is 9.47 Å². The fraction of sp³-hybridized carbons (Fsp3) is 0.125. The van der Waals surface area contributed by atoms with Gasteiger partial charge < -0.3 is 9.47 Å². The first-order chi connectivity index (χ1) is 9.81. The zero-order chi connectivity index (χ0) is 13.9. The van der Waals surface area contributed by atoms with Gasteiger partial charge in [-0.25, -0.2) is 4.98 Å². The summed E-state index contributed by atoms with van der Waals surface area (Å²) >= 11 is 0. The van der Waals surface area contributed by atoms with E-state index < -0.39 is 0 Å². The molecule has 0 N–H and O–H groups in total. The third-order valence-electron chi connectivity index (χ3n) is 3.19. The Kier molecular flexibility index (Phi) is 6.40. The van der Waals surface area contributed by atoms with Gasteiger partial charge in [0.1, 0.15) is 5.75 Å². The first-order valence-electron chi connectivity index (χ1n) is 6.25. The number of rotatable bonds is 3. The molecule has 2 aromatic heterocycles. The van der Waals surface area contributed by atoms with Crippen LogP contribution in [0.3, 0.4) is 0 Å². The lowest BCUT2D eigenvalue weighted by Crippen LogP contribution is -1.92. The summed E-state index contributed by atoms with van der Waals surface area (Å²) in [5, 5.41) is 0.961. The van der Waals surface area contributed by atoms with Gasteiger partial charge in [-0.05, 0) is 35.4 Å². The fourth-order valence-corrected chi connectivity index (χ4v) is 2.17. The van der Waals surface area contributed by atoms with Crippen molar-refractivity contribution in [3.05, 3.63) is 48.8 Å². The van der Waals surface area contributed by atoms with E-state index >= 15 is 0 Å². The van der Waals surface area contributed by atoms with Crippen LogP contribution >= 0.6 is 24.8 Å². The number of aromatic nitrogens is 2. The second-order valence-corrected chi connectivity index (χ2v) is 4.33. The molecular weight excluding hydrogens is 323 g/mol. The zero-order valence-corrected chi connectivity index (χ0v) is 13.8. The molecule has 0 spiro atoms. The second-order valence-electron chi connectivity index (χ2n) is 4.33. The molecule has 0 atom stereocenters. The molecule has 0 amide bonds. The van der Waals surface area contributed by atoms with Gasteiger partial charge in [0.05, 0.1) is 19.7 Å². The second kappa shape index (κ2) is 7.82. The normalized spacial score (nSPS) is 9.55. The first-order valence-corrected chi connectivity index (χ1v) is 6.25. The highest BCUT2D eigenvalue weighted by Gasteiger charge is 2.08. The summed E-state index contributed by atoms with van der Waals surface area (Å²) in [4.78, 5) is 8.46. The van der Waals surface area contributed by atoms with Crippen LogP contribution in [-0.4, -0.2) is 24.2 Å². The summed E-state index contributed by atoms with van der Waals surface area (Å²) in [5.74, 6) is 1.30. The third kappa shape index (κ3) is 3.40. The van der Waals surface area contributed by atoms with Gasteiger partial charge in [0.15, 0.2) is 0 Å². The highest BCUT2D eigenvalue weighted by molar-refractivity contribution is 5.90. The van der Waals surface area contributed by atoms with Gasteiger partial charge in [-0.3, -0.25) is 4.98 Å². The molecule has 0 aliphatic carbocycles. The summed E-state index contributed by atoms with van der Waals surface area (Å²) in [5.41, 5.74) is 3.06. The Bertz CT molecular complexity index is 752. The van der Waals surface area contributed by atoms with Crippen LogP contribution < -0.4 is 9.47 Å². The van der Waals surface area contributed by atoms with Crippen LogP contribution in [-0.2, 0) is 0 Å². The van der Waals surface area contributed by atoms with Gasteiger partial charge in [0, 0.05) is 23.8 Å². The van der Waals surface area contributed by atoms with Crippen molar-refractivity contribution >= 4 is 35.7 Å². The number of benzene rings is 1. The van der Waals surface area contributed by atoms with Gasteiger partial charge in [-0.15, -0.1) is 24.8 Å². The number of nitrogens with zero attached hydrogens (tertiary/aromatic N) is 2. The van der Waals surface area contributed by atoms with Crippen molar-refractivity contribution in [2.45, 2.75) is 0 Å². The van der Waals surface area contributed by atoms with Gasteiger partial charge in [0.2, 0.25) is 5.88 Å². The van der Waals surface area contributed by atoms with Gasteiger partial charge in [-0.1, -0.05) is 6.07 Å². The molecule has 1 aromatic carbocycles. The van der Waals surface area contributed by atoms with E-state index in [1.807, 2.05) is 24.3 Å². The highest BCUT2D eigenvalue weighted by Crippen LogP contribution is 2.31. The highest BCUT2D eigenvalue weighted by atomic mass is 35.5. The van der Waals surface area contributed by atoms with Crippen molar-refractivity contribution in [2.24, 2.45) is 0 Å².